The van der Waals surface area contributed by atoms with Crippen LogP contribution < -0.4 is 4.74 Å². The van der Waals surface area contributed by atoms with Gasteiger partial charge in [0.05, 0.1) is 8.95 Å². The molecule has 76 valence electrons. The van der Waals surface area contributed by atoms with Crippen molar-refractivity contribution in [2.45, 2.75) is 0 Å². The Balaban J connectivity index is 3.29. The van der Waals surface area contributed by atoms with Crippen LogP contribution in [-0.4, -0.2) is 5.43 Å². The van der Waals surface area contributed by atoms with E-state index in [1.807, 2.05) is 0 Å². The van der Waals surface area contributed by atoms with Gasteiger partial charge in [0.25, 0.3) is 0 Å². The van der Waals surface area contributed by atoms with Crippen molar-refractivity contribution in [3.05, 3.63) is 24.0 Å². The SMILES string of the molecule is O=C(Cl)Oc1c(Br)cc(Br)c(Br)c1Br. The minimum Gasteiger partial charge on any atom is -0.412 e. The number of hydrogen-bond donors (Lipinski definition) is 0. The van der Waals surface area contributed by atoms with Crippen molar-refractivity contribution in [1.82, 2.24) is 0 Å². The van der Waals surface area contributed by atoms with Gasteiger partial charge in [-0.2, -0.15) is 0 Å². The van der Waals surface area contributed by atoms with Crippen molar-refractivity contribution in [3.63, 3.8) is 0 Å². The number of carbonyl (C=O) groups is 1. The van der Waals surface area contributed by atoms with E-state index in [2.05, 4.69) is 63.7 Å². The topological polar surface area (TPSA) is 26.3 Å². The second kappa shape index (κ2) is 5.30. The van der Waals surface area contributed by atoms with E-state index in [0.29, 0.717) is 14.7 Å². The monoisotopic (exact) mass is 468 g/mol. The van der Waals surface area contributed by atoms with E-state index < -0.39 is 5.43 Å². The predicted octanol–water partition coefficient (Wildman–Crippen LogP) is 5.47. The van der Waals surface area contributed by atoms with Gasteiger partial charge in [-0.3, -0.25) is 0 Å². The molecule has 0 N–H and O–H groups in total. The number of carbonyl (C=O) groups excluding carboxylic acids is 1. The van der Waals surface area contributed by atoms with Crippen molar-refractivity contribution >= 4 is 80.7 Å². The molecule has 0 aliphatic rings. The summed E-state index contributed by atoms with van der Waals surface area (Å²) in [6.07, 6.45) is 0. The minimum atomic E-state index is -0.888. The number of rotatable bonds is 1. The zero-order chi connectivity index (χ0) is 10.9. The summed E-state index contributed by atoms with van der Waals surface area (Å²) < 4.78 is 7.59. The smallest absolute Gasteiger partial charge is 0.409 e. The van der Waals surface area contributed by atoms with Gasteiger partial charge >= 0.3 is 5.43 Å². The lowest BCUT2D eigenvalue weighted by Crippen LogP contribution is -1.98. The predicted molar refractivity (Wildman–Crippen MR) is 69.1 cm³/mol. The molecule has 0 unspecified atom stereocenters. The van der Waals surface area contributed by atoms with Crippen LogP contribution >= 0.6 is 75.3 Å². The third-order valence-electron chi connectivity index (χ3n) is 1.25. The van der Waals surface area contributed by atoms with Crippen LogP contribution in [0.5, 0.6) is 5.75 Å². The van der Waals surface area contributed by atoms with E-state index in [-0.39, 0.29) is 0 Å². The Hall–Kier alpha value is 0.900. The molecule has 0 aliphatic heterocycles. The fourth-order valence-corrected chi connectivity index (χ4v) is 3.38. The van der Waals surface area contributed by atoms with E-state index in [9.17, 15) is 4.79 Å². The third kappa shape index (κ3) is 2.95. The second-order valence-corrected chi connectivity index (χ2v) is 5.74. The first-order valence-electron chi connectivity index (χ1n) is 3.13. The van der Waals surface area contributed by atoms with Crippen molar-refractivity contribution in [1.29, 1.82) is 0 Å². The maximum Gasteiger partial charge on any atom is 0.409 e. The van der Waals surface area contributed by atoms with Gasteiger partial charge in [-0.25, -0.2) is 4.79 Å². The molecular weight excluding hydrogens is 471 g/mol. The molecule has 0 atom stereocenters. The lowest BCUT2D eigenvalue weighted by atomic mass is 10.3. The highest BCUT2D eigenvalue weighted by Crippen LogP contribution is 2.43. The first kappa shape index (κ1) is 13.0. The summed E-state index contributed by atoms with van der Waals surface area (Å²) in [6, 6.07) is 1.74. The van der Waals surface area contributed by atoms with Gasteiger partial charge in [0.15, 0.2) is 5.75 Å². The Bertz CT molecular complexity index is 394. The van der Waals surface area contributed by atoms with Crippen molar-refractivity contribution in [2.75, 3.05) is 0 Å². The molecule has 0 heterocycles. The van der Waals surface area contributed by atoms with Crippen LogP contribution in [0.3, 0.4) is 0 Å². The molecule has 2 nitrogen and oxygen atoms in total. The normalized spacial score (nSPS) is 10.1. The number of ether oxygens (including phenoxy) is 1. The molecule has 0 radical (unpaired) electrons. The van der Waals surface area contributed by atoms with Crippen LogP contribution in [0.25, 0.3) is 0 Å². The Morgan fingerprint density at radius 2 is 1.71 bits per heavy atom. The molecule has 0 aromatic heterocycles. The van der Waals surface area contributed by atoms with Crippen molar-refractivity contribution in [2.24, 2.45) is 0 Å². The Morgan fingerprint density at radius 1 is 1.14 bits per heavy atom. The fraction of sp³-hybridized carbons (Fsp3) is 0. The standard InChI is InChI=1S/C7HBr4ClO2/c8-2-1-3(9)6(14-7(12)13)5(11)4(2)10/h1H. The average Bonchev–Trinajstić information content (AvgIpc) is 2.09. The number of hydrogen-bond acceptors (Lipinski definition) is 2. The highest BCUT2D eigenvalue weighted by molar-refractivity contribution is 9.14. The molecule has 0 bridgehead atoms. The average molecular weight is 472 g/mol. The molecule has 14 heavy (non-hydrogen) atoms. The number of halogens is 5. The van der Waals surface area contributed by atoms with Gasteiger partial charge in [0.2, 0.25) is 0 Å². The van der Waals surface area contributed by atoms with E-state index in [1.165, 1.54) is 0 Å². The summed E-state index contributed by atoms with van der Waals surface area (Å²) in [4.78, 5) is 10.6. The summed E-state index contributed by atoms with van der Waals surface area (Å²) in [6.45, 7) is 0. The highest BCUT2D eigenvalue weighted by atomic mass is 79.9. The van der Waals surface area contributed by atoms with Gasteiger partial charge in [0, 0.05) is 20.5 Å². The fourth-order valence-electron chi connectivity index (χ4n) is 0.723. The summed E-state index contributed by atoms with van der Waals surface area (Å²) in [5.41, 5.74) is -0.888. The van der Waals surface area contributed by atoms with E-state index in [1.54, 1.807) is 6.07 Å². The van der Waals surface area contributed by atoms with Crippen LogP contribution in [0.15, 0.2) is 24.0 Å². The van der Waals surface area contributed by atoms with Gasteiger partial charge < -0.3 is 4.74 Å². The van der Waals surface area contributed by atoms with E-state index in [0.717, 1.165) is 8.95 Å². The first-order chi connectivity index (χ1) is 6.43. The summed E-state index contributed by atoms with van der Waals surface area (Å²) in [5, 5.41) is 0. The van der Waals surface area contributed by atoms with Crippen molar-refractivity contribution < 1.29 is 9.53 Å². The summed E-state index contributed by atoms with van der Waals surface area (Å²) in [7, 11) is 0. The maximum atomic E-state index is 10.6. The van der Waals surface area contributed by atoms with E-state index >= 15 is 0 Å². The minimum absolute atomic E-state index is 0.333. The zero-order valence-corrected chi connectivity index (χ0v) is 13.4. The van der Waals surface area contributed by atoms with Crippen LogP contribution in [0, 0.1) is 0 Å². The molecule has 7 heteroatoms. The van der Waals surface area contributed by atoms with Gasteiger partial charge in [-0.05, 0) is 69.8 Å². The molecule has 1 aromatic rings. The molecule has 0 amide bonds. The van der Waals surface area contributed by atoms with Crippen LogP contribution in [0.2, 0.25) is 0 Å². The first-order valence-corrected chi connectivity index (χ1v) is 6.68. The lowest BCUT2D eigenvalue weighted by Gasteiger charge is -2.08. The molecular formula is C7HBr4ClO2. The van der Waals surface area contributed by atoms with Gasteiger partial charge in [-0.1, -0.05) is 0 Å². The van der Waals surface area contributed by atoms with Crippen LogP contribution in [0.1, 0.15) is 0 Å². The van der Waals surface area contributed by atoms with Crippen LogP contribution in [-0.2, 0) is 0 Å². The Labute approximate surface area is 119 Å². The molecule has 0 spiro atoms. The molecule has 0 aliphatic carbocycles. The van der Waals surface area contributed by atoms with Crippen LogP contribution in [0.4, 0.5) is 4.79 Å². The second-order valence-electron chi connectivity index (χ2n) is 2.14. The molecule has 0 fully saturated rings. The largest absolute Gasteiger partial charge is 0.412 e. The molecule has 0 saturated carbocycles. The zero-order valence-electron chi connectivity index (χ0n) is 6.28. The van der Waals surface area contributed by atoms with Gasteiger partial charge in [0.1, 0.15) is 0 Å². The maximum absolute atomic E-state index is 10.6. The third-order valence-corrected chi connectivity index (χ3v) is 5.19. The van der Waals surface area contributed by atoms with Crippen molar-refractivity contribution in [3.8, 4) is 5.75 Å². The summed E-state index contributed by atoms with van der Waals surface area (Å²) >= 11 is 18.3. The van der Waals surface area contributed by atoms with Gasteiger partial charge in [-0.15, -0.1) is 0 Å². The molecule has 1 aromatic carbocycles. The Kier molecular flexibility index (Phi) is 4.90. The quantitative estimate of drug-likeness (QED) is 0.308. The Morgan fingerprint density at radius 3 is 2.21 bits per heavy atom. The lowest BCUT2D eigenvalue weighted by molar-refractivity contribution is 0.225. The van der Waals surface area contributed by atoms with E-state index in [4.69, 9.17) is 16.3 Å². The molecule has 0 saturated heterocycles. The highest BCUT2D eigenvalue weighted by Gasteiger charge is 2.15. The summed E-state index contributed by atoms with van der Waals surface area (Å²) in [5.74, 6) is 0.333. The number of benzene rings is 1. The molecule has 1 rings (SSSR count).